The standard InChI is InChI=1S/C18H29NO5/c1-7-23-17-11-14(8-9-16(17)22-6)15(10-13(2)21)19(12-20)24-18(3,4)5/h8-9,11-13,15,21H,7,10H2,1-6H3. The molecule has 0 spiro atoms. The molecule has 0 aliphatic carbocycles. The van der Waals surface area contributed by atoms with Gasteiger partial charge >= 0.3 is 0 Å². The Bertz CT molecular complexity index is 525. The number of hydroxylamine groups is 2. The van der Waals surface area contributed by atoms with Gasteiger partial charge in [0.05, 0.1) is 31.5 Å². The molecule has 1 amide bonds. The van der Waals surface area contributed by atoms with Crippen LogP contribution in [0.2, 0.25) is 0 Å². The third kappa shape index (κ3) is 6.02. The number of benzene rings is 1. The van der Waals surface area contributed by atoms with Crippen LogP contribution in [0.3, 0.4) is 0 Å². The van der Waals surface area contributed by atoms with Crippen molar-refractivity contribution < 1.29 is 24.2 Å². The number of amides is 1. The quantitative estimate of drug-likeness (QED) is 0.553. The van der Waals surface area contributed by atoms with Gasteiger partial charge in [-0.25, -0.2) is 5.06 Å². The van der Waals surface area contributed by atoms with Crippen LogP contribution >= 0.6 is 0 Å². The minimum Gasteiger partial charge on any atom is -0.493 e. The Balaban J connectivity index is 3.23. The zero-order valence-electron chi connectivity index (χ0n) is 15.4. The van der Waals surface area contributed by atoms with E-state index in [0.717, 1.165) is 5.56 Å². The molecule has 1 N–H and O–H groups in total. The van der Waals surface area contributed by atoms with Crippen molar-refractivity contribution in [1.29, 1.82) is 0 Å². The fourth-order valence-electron chi connectivity index (χ4n) is 2.35. The summed E-state index contributed by atoms with van der Waals surface area (Å²) >= 11 is 0. The van der Waals surface area contributed by atoms with E-state index < -0.39 is 17.7 Å². The number of aliphatic hydroxyl groups excluding tert-OH is 1. The van der Waals surface area contributed by atoms with E-state index in [1.165, 1.54) is 5.06 Å². The Kier molecular flexibility index (Phi) is 7.51. The molecular weight excluding hydrogens is 310 g/mol. The van der Waals surface area contributed by atoms with Crippen LogP contribution in [0.15, 0.2) is 18.2 Å². The highest BCUT2D eigenvalue weighted by Crippen LogP contribution is 2.34. The smallest absolute Gasteiger partial charge is 0.233 e. The second-order valence-corrected chi connectivity index (χ2v) is 6.61. The first-order valence-corrected chi connectivity index (χ1v) is 8.13. The molecule has 2 atom stereocenters. The summed E-state index contributed by atoms with van der Waals surface area (Å²) in [6, 6.07) is 5.01. The number of carbonyl (C=O) groups is 1. The minimum atomic E-state index is -0.598. The van der Waals surface area contributed by atoms with Gasteiger partial charge in [0.2, 0.25) is 6.41 Å². The van der Waals surface area contributed by atoms with E-state index in [1.807, 2.05) is 39.8 Å². The molecule has 0 saturated carbocycles. The van der Waals surface area contributed by atoms with Crippen LogP contribution in [0.25, 0.3) is 0 Å². The van der Waals surface area contributed by atoms with Crippen molar-refractivity contribution in [2.75, 3.05) is 13.7 Å². The molecule has 1 rings (SSSR count). The van der Waals surface area contributed by atoms with E-state index in [2.05, 4.69) is 0 Å². The van der Waals surface area contributed by atoms with Crippen molar-refractivity contribution in [2.45, 2.75) is 58.8 Å². The van der Waals surface area contributed by atoms with Crippen LogP contribution in [-0.4, -0.2) is 42.0 Å². The van der Waals surface area contributed by atoms with Gasteiger partial charge in [-0.2, -0.15) is 0 Å². The number of methoxy groups -OCH3 is 1. The Morgan fingerprint density at radius 3 is 2.42 bits per heavy atom. The van der Waals surface area contributed by atoms with Gasteiger partial charge in [-0.1, -0.05) is 6.07 Å². The van der Waals surface area contributed by atoms with Crippen molar-refractivity contribution in [2.24, 2.45) is 0 Å². The molecule has 2 unspecified atom stereocenters. The normalized spacial score (nSPS) is 14.0. The Labute approximate surface area is 144 Å². The first-order chi connectivity index (χ1) is 11.2. The summed E-state index contributed by atoms with van der Waals surface area (Å²) in [5.74, 6) is 1.21. The fourth-order valence-corrected chi connectivity index (χ4v) is 2.35. The van der Waals surface area contributed by atoms with Gasteiger partial charge in [-0.05, 0) is 52.3 Å². The van der Waals surface area contributed by atoms with Crippen molar-refractivity contribution in [3.8, 4) is 11.5 Å². The summed E-state index contributed by atoms with van der Waals surface area (Å²) in [6.07, 6.45) is 0.383. The molecule has 6 heteroatoms. The predicted molar refractivity (Wildman–Crippen MR) is 91.9 cm³/mol. The van der Waals surface area contributed by atoms with E-state index >= 15 is 0 Å². The van der Waals surface area contributed by atoms with Gasteiger partial charge in [0.1, 0.15) is 0 Å². The van der Waals surface area contributed by atoms with Crippen LogP contribution in [0.5, 0.6) is 11.5 Å². The summed E-state index contributed by atoms with van der Waals surface area (Å²) < 4.78 is 10.9. The van der Waals surface area contributed by atoms with E-state index in [4.69, 9.17) is 14.3 Å². The Morgan fingerprint density at radius 2 is 1.96 bits per heavy atom. The first kappa shape index (κ1) is 20.3. The van der Waals surface area contributed by atoms with Gasteiger partial charge in [-0.3, -0.25) is 9.63 Å². The number of hydrogen-bond donors (Lipinski definition) is 1. The third-order valence-corrected chi connectivity index (χ3v) is 3.23. The molecule has 0 fully saturated rings. The summed E-state index contributed by atoms with van der Waals surface area (Å²) in [7, 11) is 1.57. The van der Waals surface area contributed by atoms with Crippen LogP contribution in [-0.2, 0) is 9.63 Å². The lowest BCUT2D eigenvalue weighted by molar-refractivity contribution is -0.236. The van der Waals surface area contributed by atoms with Crippen LogP contribution < -0.4 is 9.47 Å². The Hall–Kier alpha value is -1.79. The van der Waals surface area contributed by atoms with Crippen molar-refractivity contribution >= 4 is 6.41 Å². The highest BCUT2D eigenvalue weighted by molar-refractivity contribution is 5.49. The van der Waals surface area contributed by atoms with E-state index in [1.54, 1.807) is 20.1 Å². The molecule has 0 radical (unpaired) electrons. The highest BCUT2D eigenvalue weighted by Gasteiger charge is 2.27. The van der Waals surface area contributed by atoms with Gasteiger partial charge in [0.15, 0.2) is 11.5 Å². The van der Waals surface area contributed by atoms with E-state index in [0.29, 0.717) is 30.9 Å². The van der Waals surface area contributed by atoms with Crippen molar-refractivity contribution in [1.82, 2.24) is 5.06 Å². The zero-order chi connectivity index (χ0) is 18.3. The minimum absolute atomic E-state index is 0.340. The lowest BCUT2D eigenvalue weighted by Crippen LogP contribution is -2.37. The molecule has 24 heavy (non-hydrogen) atoms. The maximum absolute atomic E-state index is 11.6. The molecule has 0 aliphatic rings. The van der Waals surface area contributed by atoms with Crippen LogP contribution in [0.1, 0.15) is 52.6 Å². The maximum atomic E-state index is 11.6. The molecule has 1 aromatic carbocycles. The van der Waals surface area contributed by atoms with E-state index in [9.17, 15) is 9.90 Å². The lowest BCUT2D eigenvalue weighted by atomic mass is 10.0. The Morgan fingerprint density at radius 1 is 1.29 bits per heavy atom. The summed E-state index contributed by atoms with van der Waals surface area (Å²) in [5, 5.41) is 11.1. The average molecular weight is 339 g/mol. The summed E-state index contributed by atoms with van der Waals surface area (Å²) in [4.78, 5) is 17.3. The molecule has 0 heterocycles. The molecular formula is C18H29NO5. The summed E-state index contributed by atoms with van der Waals surface area (Å²) in [6.45, 7) is 9.66. The molecule has 0 aromatic heterocycles. The topological polar surface area (TPSA) is 68.2 Å². The maximum Gasteiger partial charge on any atom is 0.233 e. The van der Waals surface area contributed by atoms with E-state index in [-0.39, 0.29) is 0 Å². The first-order valence-electron chi connectivity index (χ1n) is 8.13. The fraction of sp³-hybridized carbons (Fsp3) is 0.611. The zero-order valence-corrected chi connectivity index (χ0v) is 15.4. The van der Waals surface area contributed by atoms with Gasteiger partial charge < -0.3 is 14.6 Å². The molecule has 0 aliphatic heterocycles. The lowest BCUT2D eigenvalue weighted by Gasteiger charge is -2.34. The number of carbonyl (C=O) groups excluding carboxylic acids is 1. The largest absolute Gasteiger partial charge is 0.493 e. The van der Waals surface area contributed by atoms with Gasteiger partial charge in [0, 0.05) is 6.42 Å². The molecule has 6 nitrogen and oxygen atoms in total. The summed E-state index contributed by atoms with van der Waals surface area (Å²) in [5.41, 5.74) is 0.268. The second-order valence-electron chi connectivity index (χ2n) is 6.61. The number of hydrogen-bond acceptors (Lipinski definition) is 5. The van der Waals surface area contributed by atoms with Crippen LogP contribution in [0.4, 0.5) is 0 Å². The SMILES string of the molecule is CCOc1cc(C(CC(C)O)N(C=O)OC(C)(C)C)ccc1OC. The second kappa shape index (κ2) is 8.89. The van der Waals surface area contributed by atoms with Crippen molar-refractivity contribution in [3.05, 3.63) is 23.8 Å². The number of ether oxygens (including phenoxy) is 2. The molecule has 136 valence electrons. The number of rotatable bonds is 9. The number of aliphatic hydroxyl groups is 1. The van der Waals surface area contributed by atoms with Gasteiger partial charge in [0.25, 0.3) is 0 Å². The molecule has 1 aromatic rings. The molecule has 0 saturated heterocycles. The van der Waals surface area contributed by atoms with Crippen LogP contribution in [0, 0.1) is 0 Å². The average Bonchev–Trinajstić information content (AvgIpc) is 2.49. The molecule has 0 bridgehead atoms. The van der Waals surface area contributed by atoms with Gasteiger partial charge in [-0.15, -0.1) is 0 Å². The number of nitrogens with zero attached hydrogens (tertiary/aromatic N) is 1. The predicted octanol–water partition coefficient (Wildman–Crippen LogP) is 3.09. The monoisotopic (exact) mass is 339 g/mol. The highest BCUT2D eigenvalue weighted by atomic mass is 16.7. The van der Waals surface area contributed by atoms with Crippen molar-refractivity contribution in [3.63, 3.8) is 0 Å². The third-order valence-electron chi connectivity index (χ3n) is 3.23.